The molecule has 0 bridgehead atoms. The van der Waals surface area contributed by atoms with Gasteiger partial charge in [-0.25, -0.2) is 4.79 Å². The number of carbonyl (C=O) groups is 2. The van der Waals surface area contributed by atoms with Crippen molar-refractivity contribution < 1.29 is 38.0 Å². The van der Waals surface area contributed by atoms with Gasteiger partial charge in [0.2, 0.25) is 0 Å². The Morgan fingerprint density at radius 2 is 1.59 bits per heavy atom. The molecule has 1 fully saturated rings. The van der Waals surface area contributed by atoms with Gasteiger partial charge in [-0.2, -0.15) is 0 Å². The number of rotatable bonds is 13. The number of hydrogen-bond donors (Lipinski definition) is 1. The van der Waals surface area contributed by atoms with E-state index in [4.69, 9.17) is 28.4 Å². The number of aromatic nitrogens is 1. The highest BCUT2D eigenvalue weighted by molar-refractivity contribution is 14.1. The number of halogens is 1. The van der Waals surface area contributed by atoms with E-state index < -0.39 is 17.9 Å². The van der Waals surface area contributed by atoms with Gasteiger partial charge in [0.25, 0.3) is 5.91 Å². The van der Waals surface area contributed by atoms with Crippen LogP contribution in [0.5, 0.6) is 34.5 Å². The maximum absolute atomic E-state index is 13.4. The summed E-state index contributed by atoms with van der Waals surface area (Å²) in [4.78, 5) is 30.8. The van der Waals surface area contributed by atoms with E-state index in [1.54, 1.807) is 64.8 Å². The second-order valence-electron chi connectivity index (χ2n) is 10.8. The minimum absolute atomic E-state index is 0.0949. The average Bonchev–Trinajstić information content (AvgIpc) is 3.58. The molecule has 11 heteroatoms. The van der Waals surface area contributed by atoms with Crippen LogP contribution in [0.25, 0.3) is 10.9 Å². The predicted octanol–water partition coefficient (Wildman–Crippen LogP) is 6.88. The van der Waals surface area contributed by atoms with Crippen molar-refractivity contribution in [3.63, 3.8) is 0 Å². The first-order valence-corrected chi connectivity index (χ1v) is 16.2. The summed E-state index contributed by atoms with van der Waals surface area (Å²) in [7, 11) is 4.72. The van der Waals surface area contributed by atoms with Gasteiger partial charge in [-0.1, -0.05) is 6.07 Å². The fraction of sp³-hybridized carbons (Fsp3) is 0.343. The Labute approximate surface area is 281 Å². The molecule has 4 aromatic rings. The van der Waals surface area contributed by atoms with Gasteiger partial charge in [0, 0.05) is 29.6 Å². The molecule has 1 amide bonds. The summed E-state index contributed by atoms with van der Waals surface area (Å²) < 4.78 is 35.0. The topological polar surface area (TPSA) is 114 Å². The van der Waals surface area contributed by atoms with E-state index in [-0.39, 0.29) is 19.1 Å². The first-order valence-electron chi connectivity index (χ1n) is 15.1. The first kappa shape index (κ1) is 33.1. The van der Waals surface area contributed by atoms with Gasteiger partial charge in [-0.3, -0.25) is 9.78 Å². The number of esters is 1. The van der Waals surface area contributed by atoms with Gasteiger partial charge >= 0.3 is 5.97 Å². The predicted molar refractivity (Wildman–Crippen MR) is 182 cm³/mol. The minimum atomic E-state index is -0.914. The summed E-state index contributed by atoms with van der Waals surface area (Å²) >= 11 is 2.19. The third-order valence-electron chi connectivity index (χ3n) is 7.76. The largest absolute Gasteiger partial charge is 0.493 e. The maximum atomic E-state index is 13.4. The zero-order valence-corrected chi connectivity index (χ0v) is 28.4. The number of methoxy groups -OCH3 is 3. The molecule has 1 atom stereocenters. The lowest BCUT2D eigenvalue weighted by Crippen LogP contribution is -2.43. The van der Waals surface area contributed by atoms with E-state index >= 15 is 0 Å². The fourth-order valence-electron chi connectivity index (χ4n) is 5.42. The Kier molecular flexibility index (Phi) is 11.1. The molecule has 242 valence electrons. The van der Waals surface area contributed by atoms with Crippen LogP contribution < -0.4 is 29.0 Å². The molecule has 1 N–H and O–H groups in total. The second-order valence-corrected chi connectivity index (χ2v) is 11.9. The lowest BCUT2D eigenvalue weighted by Gasteiger charge is -2.20. The van der Waals surface area contributed by atoms with Crippen molar-refractivity contribution in [1.29, 1.82) is 0 Å². The quantitative estimate of drug-likeness (QED) is 0.116. The monoisotopic (exact) mass is 740 g/mol. The molecule has 1 heterocycles. The summed E-state index contributed by atoms with van der Waals surface area (Å²) in [5.74, 6) is 2.50. The van der Waals surface area contributed by atoms with Crippen molar-refractivity contribution in [3.8, 4) is 34.5 Å². The molecule has 1 aliphatic carbocycles. The van der Waals surface area contributed by atoms with E-state index in [1.807, 2.05) is 24.3 Å². The van der Waals surface area contributed by atoms with Crippen LogP contribution in [0.2, 0.25) is 0 Å². The van der Waals surface area contributed by atoms with Crippen molar-refractivity contribution in [2.45, 2.75) is 51.2 Å². The number of amides is 1. The Morgan fingerprint density at radius 1 is 0.870 bits per heavy atom. The van der Waals surface area contributed by atoms with Crippen LogP contribution >= 0.6 is 22.6 Å². The van der Waals surface area contributed by atoms with Gasteiger partial charge in [-0.05, 0) is 103 Å². The van der Waals surface area contributed by atoms with Gasteiger partial charge in [0.05, 0.1) is 43.1 Å². The summed E-state index contributed by atoms with van der Waals surface area (Å²) in [5, 5.41) is 3.63. The number of fused-ring (bicyclic) bond motifs is 1. The van der Waals surface area contributed by atoms with Crippen molar-refractivity contribution in [2.75, 3.05) is 27.9 Å². The average molecular weight is 741 g/mol. The minimum Gasteiger partial charge on any atom is -0.493 e. The summed E-state index contributed by atoms with van der Waals surface area (Å²) in [6, 6.07) is 15.1. The first-order chi connectivity index (χ1) is 22.3. The molecular formula is C35H37IN2O8. The molecule has 3 aromatic carbocycles. The number of benzene rings is 3. The van der Waals surface area contributed by atoms with Gasteiger partial charge in [0.15, 0.2) is 23.0 Å². The summed E-state index contributed by atoms with van der Waals surface area (Å²) in [6.45, 7) is 1.92. The zero-order valence-electron chi connectivity index (χ0n) is 26.3. The van der Waals surface area contributed by atoms with Crippen LogP contribution in [-0.2, 0) is 16.0 Å². The van der Waals surface area contributed by atoms with Crippen LogP contribution in [0.15, 0.2) is 60.8 Å². The van der Waals surface area contributed by atoms with Crippen molar-refractivity contribution >= 4 is 45.4 Å². The Hall–Kier alpha value is -4.26. The third kappa shape index (κ3) is 7.75. The van der Waals surface area contributed by atoms with Gasteiger partial charge in [0.1, 0.15) is 17.5 Å². The number of nitrogens with zero attached hydrogens (tertiary/aromatic N) is 1. The fourth-order valence-corrected chi connectivity index (χ4v) is 6.11. The summed E-state index contributed by atoms with van der Waals surface area (Å²) in [6.07, 6.45) is 6.16. The van der Waals surface area contributed by atoms with Gasteiger partial charge < -0.3 is 33.7 Å². The van der Waals surface area contributed by atoms with E-state index in [1.165, 1.54) is 0 Å². The summed E-state index contributed by atoms with van der Waals surface area (Å²) in [5.41, 5.74) is 1.88. The van der Waals surface area contributed by atoms with Crippen molar-refractivity contribution in [2.24, 2.45) is 0 Å². The lowest BCUT2D eigenvalue weighted by molar-refractivity contribution is -0.145. The van der Waals surface area contributed by atoms with Crippen LogP contribution in [-0.4, -0.2) is 56.9 Å². The molecule has 46 heavy (non-hydrogen) atoms. The molecule has 0 saturated heterocycles. The standard InChI is InChI=1S/C35H37IN2O8/c1-5-44-35(40)27(38-34(39)22-11-13-30(41-2)33(18-22)45-23-8-6-7-9-23)17-21-10-12-29(25(36)16-21)46-28-14-15-37-26-20-32(43-4)31(42-3)19-24(26)28/h10-16,18-20,23,27H,5-9,17H2,1-4H3,(H,38,39). The molecule has 0 spiro atoms. The molecule has 0 aliphatic heterocycles. The van der Waals surface area contributed by atoms with Crippen molar-refractivity contribution in [3.05, 3.63) is 75.5 Å². The molecule has 1 saturated carbocycles. The molecule has 5 rings (SSSR count). The Bertz CT molecular complexity index is 1710. The number of pyridine rings is 1. The van der Waals surface area contributed by atoms with E-state index in [0.717, 1.165) is 40.2 Å². The molecule has 1 aromatic heterocycles. The number of hydrogen-bond acceptors (Lipinski definition) is 9. The zero-order chi connectivity index (χ0) is 32.6. The number of ether oxygens (including phenoxy) is 6. The van der Waals surface area contributed by atoms with Crippen molar-refractivity contribution in [1.82, 2.24) is 10.3 Å². The molecule has 1 aliphatic rings. The number of nitrogens with one attached hydrogen (secondary N) is 1. The number of carbonyl (C=O) groups excluding carboxylic acids is 2. The highest BCUT2D eigenvalue weighted by Crippen LogP contribution is 2.38. The highest BCUT2D eigenvalue weighted by Gasteiger charge is 2.25. The van der Waals surface area contributed by atoms with E-state index in [2.05, 4.69) is 32.9 Å². The molecule has 10 nitrogen and oxygen atoms in total. The highest BCUT2D eigenvalue weighted by atomic mass is 127. The lowest BCUT2D eigenvalue weighted by atomic mass is 10.0. The normalized spacial score (nSPS) is 13.6. The SMILES string of the molecule is CCOC(=O)C(Cc1ccc(Oc2ccnc3cc(OC)c(OC)cc23)c(I)c1)NC(=O)c1ccc(OC)c(OC2CCCC2)c1. The van der Waals surface area contributed by atoms with Crippen LogP contribution in [0.3, 0.4) is 0 Å². The maximum Gasteiger partial charge on any atom is 0.328 e. The Balaban J connectivity index is 1.33. The molecule has 1 unspecified atom stereocenters. The van der Waals surface area contributed by atoms with Gasteiger partial charge in [-0.15, -0.1) is 0 Å². The molecular weight excluding hydrogens is 703 g/mol. The molecule has 0 radical (unpaired) electrons. The van der Waals surface area contributed by atoms with E-state index in [0.29, 0.717) is 45.6 Å². The third-order valence-corrected chi connectivity index (χ3v) is 8.60. The Morgan fingerprint density at radius 3 is 2.28 bits per heavy atom. The van der Waals surface area contributed by atoms with E-state index in [9.17, 15) is 9.59 Å². The van der Waals surface area contributed by atoms with Crippen LogP contribution in [0.1, 0.15) is 48.5 Å². The van der Waals surface area contributed by atoms with Crippen LogP contribution in [0, 0.1) is 3.57 Å². The second kappa shape index (κ2) is 15.4. The smallest absolute Gasteiger partial charge is 0.328 e. The van der Waals surface area contributed by atoms with Crippen LogP contribution in [0.4, 0.5) is 0 Å².